The van der Waals surface area contributed by atoms with Crippen LogP contribution in [0.2, 0.25) is 0 Å². The molecule has 0 spiro atoms. The van der Waals surface area contributed by atoms with Crippen molar-refractivity contribution >= 4 is 0 Å². The standard InChI is InChI=1S/C15H24N2O/c1-16-9-13-6-7-15(18-3)14(8-13)11-17(2)10-12-4-5-12/h6-8,12,16H,4-5,9-11H2,1-3H3. The van der Waals surface area contributed by atoms with E-state index in [9.17, 15) is 0 Å². The molecule has 18 heavy (non-hydrogen) atoms. The van der Waals surface area contributed by atoms with E-state index in [4.69, 9.17) is 4.74 Å². The zero-order chi connectivity index (χ0) is 13.0. The van der Waals surface area contributed by atoms with E-state index in [0.717, 1.165) is 24.8 Å². The number of nitrogens with one attached hydrogen (secondary N) is 1. The molecule has 1 aliphatic carbocycles. The lowest BCUT2D eigenvalue weighted by atomic mass is 10.1. The fraction of sp³-hybridized carbons (Fsp3) is 0.600. The number of ether oxygens (including phenoxy) is 1. The predicted octanol–water partition coefficient (Wildman–Crippen LogP) is 2.26. The van der Waals surface area contributed by atoms with Gasteiger partial charge >= 0.3 is 0 Å². The minimum atomic E-state index is 0.906. The van der Waals surface area contributed by atoms with Crippen molar-refractivity contribution in [3.05, 3.63) is 29.3 Å². The van der Waals surface area contributed by atoms with Crippen molar-refractivity contribution < 1.29 is 4.74 Å². The molecule has 1 aromatic carbocycles. The van der Waals surface area contributed by atoms with Gasteiger partial charge in [-0.1, -0.05) is 6.07 Å². The predicted molar refractivity (Wildman–Crippen MR) is 74.8 cm³/mol. The summed E-state index contributed by atoms with van der Waals surface area (Å²) in [4.78, 5) is 2.40. The van der Waals surface area contributed by atoms with E-state index in [1.54, 1.807) is 7.11 Å². The van der Waals surface area contributed by atoms with Crippen LogP contribution in [0, 0.1) is 5.92 Å². The highest BCUT2D eigenvalue weighted by Crippen LogP contribution is 2.30. The molecular formula is C15H24N2O. The van der Waals surface area contributed by atoms with Gasteiger partial charge in [0.15, 0.2) is 0 Å². The van der Waals surface area contributed by atoms with Gasteiger partial charge in [0, 0.05) is 25.2 Å². The summed E-state index contributed by atoms with van der Waals surface area (Å²) < 4.78 is 5.45. The van der Waals surface area contributed by atoms with Gasteiger partial charge in [-0.15, -0.1) is 0 Å². The maximum absolute atomic E-state index is 5.45. The summed E-state index contributed by atoms with van der Waals surface area (Å²) >= 11 is 0. The molecule has 1 aromatic rings. The molecule has 2 rings (SSSR count). The van der Waals surface area contributed by atoms with Gasteiger partial charge in [0.25, 0.3) is 0 Å². The second-order valence-corrected chi connectivity index (χ2v) is 5.32. The van der Waals surface area contributed by atoms with Crippen molar-refractivity contribution in [3.63, 3.8) is 0 Å². The lowest BCUT2D eigenvalue weighted by Crippen LogP contribution is -2.21. The van der Waals surface area contributed by atoms with Crippen molar-refractivity contribution in [2.45, 2.75) is 25.9 Å². The summed E-state index contributed by atoms with van der Waals surface area (Å²) in [6, 6.07) is 6.45. The van der Waals surface area contributed by atoms with Crippen molar-refractivity contribution in [1.29, 1.82) is 0 Å². The summed E-state index contributed by atoms with van der Waals surface area (Å²) in [6.07, 6.45) is 2.81. The van der Waals surface area contributed by atoms with Gasteiger partial charge in [-0.05, 0) is 50.6 Å². The Labute approximate surface area is 110 Å². The average molecular weight is 248 g/mol. The molecule has 1 fully saturated rings. The molecule has 0 radical (unpaired) electrons. The largest absolute Gasteiger partial charge is 0.496 e. The molecule has 0 aromatic heterocycles. The molecule has 100 valence electrons. The van der Waals surface area contributed by atoms with Gasteiger partial charge in [-0.25, -0.2) is 0 Å². The van der Waals surface area contributed by atoms with Crippen LogP contribution < -0.4 is 10.1 Å². The van der Waals surface area contributed by atoms with Crippen LogP contribution >= 0.6 is 0 Å². The Balaban J connectivity index is 2.04. The second-order valence-electron chi connectivity index (χ2n) is 5.32. The number of hydrogen-bond donors (Lipinski definition) is 1. The topological polar surface area (TPSA) is 24.5 Å². The Bertz CT molecular complexity index is 388. The highest BCUT2D eigenvalue weighted by Gasteiger charge is 2.23. The van der Waals surface area contributed by atoms with Gasteiger partial charge < -0.3 is 15.0 Å². The van der Waals surface area contributed by atoms with Crippen molar-refractivity contribution in [2.75, 3.05) is 27.7 Å². The molecule has 1 aliphatic rings. The van der Waals surface area contributed by atoms with Crippen LogP contribution in [0.5, 0.6) is 5.75 Å². The number of methoxy groups -OCH3 is 1. The number of rotatable bonds is 7. The third kappa shape index (κ3) is 3.72. The monoisotopic (exact) mass is 248 g/mol. The fourth-order valence-corrected chi connectivity index (χ4v) is 2.37. The highest BCUT2D eigenvalue weighted by molar-refractivity contribution is 5.37. The van der Waals surface area contributed by atoms with Crippen molar-refractivity contribution in [3.8, 4) is 5.75 Å². The molecule has 0 unspecified atom stereocenters. The van der Waals surface area contributed by atoms with Crippen molar-refractivity contribution in [2.24, 2.45) is 5.92 Å². The summed E-state index contributed by atoms with van der Waals surface area (Å²) in [5.74, 6) is 1.93. The second kappa shape index (κ2) is 6.21. The smallest absolute Gasteiger partial charge is 0.123 e. The summed E-state index contributed by atoms with van der Waals surface area (Å²) in [6.45, 7) is 3.08. The number of benzene rings is 1. The third-order valence-corrected chi connectivity index (χ3v) is 3.43. The molecule has 1 N–H and O–H groups in total. The molecule has 0 aliphatic heterocycles. The van der Waals surface area contributed by atoms with Gasteiger partial charge in [-0.3, -0.25) is 0 Å². The van der Waals surface area contributed by atoms with Crippen LogP contribution in [-0.4, -0.2) is 32.6 Å². The van der Waals surface area contributed by atoms with E-state index in [-0.39, 0.29) is 0 Å². The van der Waals surface area contributed by atoms with E-state index >= 15 is 0 Å². The maximum Gasteiger partial charge on any atom is 0.123 e. The Morgan fingerprint density at radius 2 is 2.17 bits per heavy atom. The first kappa shape index (κ1) is 13.4. The van der Waals surface area contributed by atoms with Gasteiger partial charge in [0.1, 0.15) is 5.75 Å². The van der Waals surface area contributed by atoms with Crippen molar-refractivity contribution in [1.82, 2.24) is 10.2 Å². The average Bonchev–Trinajstić information content (AvgIpc) is 3.13. The van der Waals surface area contributed by atoms with E-state index in [2.05, 4.69) is 35.5 Å². The van der Waals surface area contributed by atoms with Crippen LogP contribution in [-0.2, 0) is 13.1 Å². The number of hydrogen-bond acceptors (Lipinski definition) is 3. The number of nitrogens with zero attached hydrogens (tertiary/aromatic N) is 1. The van der Waals surface area contributed by atoms with E-state index in [0.29, 0.717) is 0 Å². The Morgan fingerprint density at radius 1 is 1.39 bits per heavy atom. The van der Waals surface area contributed by atoms with Gasteiger partial charge in [0.05, 0.1) is 7.11 Å². The normalized spacial score (nSPS) is 15.1. The summed E-state index contributed by atoms with van der Waals surface area (Å²) in [5, 5.41) is 3.19. The zero-order valence-electron chi connectivity index (χ0n) is 11.7. The van der Waals surface area contributed by atoms with Crippen LogP contribution in [0.25, 0.3) is 0 Å². The van der Waals surface area contributed by atoms with E-state index in [1.165, 1.54) is 30.5 Å². The third-order valence-electron chi connectivity index (χ3n) is 3.43. The SMILES string of the molecule is CNCc1ccc(OC)c(CN(C)CC2CC2)c1. The molecule has 0 atom stereocenters. The molecule has 0 bridgehead atoms. The lowest BCUT2D eigenvalue weighted by molar-refractivity contribution is 0.305. The molecule has 1 saturated carbocycles. The van der Waals surface area contributed by atoms with Crippen LogP contribution in [0.1, 0.15) is 24.0 Å². The highest BCUT2D eigenvalue weighted by atomic mass is 16.5. The summed E-state index contributed by atoms with van der Waals surface area (Å²) in [5.41, 5.74) is 2.60. The van der Waals surface area contributed by atoms with Gasteiger partial charge in [-0.2, -0.15) is 0 Å². The van der Waals surface area contributed by atoms with Gasteiger partial charge in [0.2, 0.25) is 0 Å². The Morgan fingerprint density at radius 3 is 2.78 bits per heavy atom. The molecule has 0 saturated heterocycles. The zero-order valence-corrected chi connectivity index (χ0v) is 11.7. The first-order valence-corrected chi connectivity index (χ1v) is 6.72. The molecule has 3 heteroatoms. The van der Waals surface area contributed by atoms with Crippen LogP contribution in [0.4, 0.5) is 0 Å². The summed E-state index contributed by atoms with van der Waals surface area (Å²) in [7, 11) is 5.92. The first-order chi connectivity index (χ1) is 8.72. The van der Waals surface area contributed by atoms with E-state index < -0.39 is 0 Å². The quantitative estimate of drug-likeness (QED) is 0.801. The minimum Gasteiger partial charge on any atom is -0.496 e. The minimum absolute atomic E-state index is 0.906. The Hall–Kier alpha value is -1.06. The van der Waals surface area contributed by atoms with Crippen LogP contribution in [0.3, 0.4) is 0 Å². The van der Waals surface area contributed by atoms with E-state index in [1.807, 2.05) is 7.05 Å². The fourth-order valence-electron chi connectivity index (χ4n) is 2.37. The Kier molecular flexibility index (Phi) is 4.61. The molecule has 0 amide bonds. The molecule has 3 nitrogen and oxygen atoms in total. The molecule has 0 heterocycles. The first-order valence-electron chi connectivity index (χ1n) is 6.72. The van der Waals surface area contributed by atoms with Crippen LogP contribution in [0.15, 0.2) is 18.2 Å². The lowest BCUT2D eigenvalue weighted by Gasteiger charge is -2.19. The maximum atomic E-state index is 5.45. The molecular weight excluding hydrogens is 224 g/mol.